The van der Waals surface area contributed by atoms with E-state index in [1.807, 2.05) is 19.0 Å². The molecule has 1 amide bonds. The maximum atomic E-state index is 12.3. The van der Waals surface area contributed by atoms with E-state index in [9.17, 15) is 4.79 Å². The van der Waals surface area contributed by atoms with Crippen LogP contribution in [0.15, 0.2) is 18.3 Å². The second-order valence-electron chi connectivity index (χ2n) is 4.57. The molecular weight excluding hydrogens is 228 g/mol. The summed E-state index contributed by atoms with van der Waals surface area (Å²) in [5.41, 5.74) is 6.59. The quantitative estimate of drug-likeness (QED) is 0.820. The summed E-state index contributed by atoms with van der Waals surface area (Å²) in [4.78, 5) is 20.2. The van der Waals surface area contributed by atoms with Gasteiger partial charge in [-0.1, -0.05) is 6.92 Å². The van der Waals surface area contributed by atoms with Gasteiger partial charge in [-0.25, -0.2) is 4.98 Å². The Kier molecular flexibility index (Phi) is 5.58. The molecule has 100 valence electrons. The Morgan fingerprint density at radius 1 is 1.28 bits per heavy atom. The minimum Gasteiger partial charge on any atom is -0.397 e. The number of pyridine rings is 1. The van der Waals surface area contributed by atoms with Crippen molar-refractivity contribution >= 4 is 11.6 Å². The third-order valence-corrected chi connectivity index (χ3v) is 2.60. The van der Waals surface area contributed by atoms with Crippen molar-refractivity contribution in [1.29, 1.82) is 0 Å². The lowest BCUT2D eigenvalue weighted by molar-refractivity contribution is 0.0739. The third kappa shape index (κ3) is 4.33. The maximum Gasteiger partial charge on any atom is 0.272 e. The highest BCUT2D eigenvalue weighted by atomic mass is 16.2. The lowest BCUT2D eigenvalue weighted by Gasteiger charge is -2.23. The number of hydrogen-bond donors (Lipinski definition) is 1. The van der Waals surface area contributed by atoms with Crippen LogP contribution in [0, 0.1) is 0 Å². The van der Waals surface area contributed by atoms with Crippen LogP contribution in [-0.4, -0.2) is 54.4 Å². The van der Waals surface area contributed by atoms with E-state index >= 15 is 0 Å². The lowest BCUT2D eigenvalue weighted by atomic mass is 10.3. The van der Waals surface area contributed by atoms with Crippen molar-refractivity contribution in [3.63, 3.8) is 0 Å². The number of nitrogens with two attached hydrogens (primary N) is 1. The highest BCUT2D eigenvalue weighted by Gasteiger charge is 2.15. The molecule has 0 aliphatic heterocycles. The van der Waals surface area contributed by atoms with Crippen LogP contribution in [0.25, 0.3) is 0 Å². The highest BCUT2D eigenvalue weighted by molar-refractivity contribution is 5.92. The molecule has 0 spiro atoms. The number of aromatic nitrogens is 1. The fourth-order valence-electron chi connectivity index (χ4n) is 1.60. The first kappa shape index (κ1) is 14.4. The first-order valence-electron chi connectivity index (χ1n) is 6.20. The molecule has 1 heterocycles. The third-order valence-electron chi connectivity index (χ3n) is 2.60. The lowest BCUT2D eigenvalue weighted by Crippen LogP contribution is -2.37. The molecule has 2 N–H and O–H groups in total. The van der Waals surface area contributed by atoms with Crippen LogP contribution in [0.5, 0.6) is 0 Å². The average molecular weight is 250 g/mol. The van der Waals surface area contributed by atoms with Gasteiger partial charge >= 0.3 is 0 Å². The molecule has 1 aromatic heterocycles. The van der Waals surface area contributed by atoms with Crippen molar-refractivity contribution in [3.8, 4) is 0 Å². The Labute approximate surface area is 109 Å². The average Bonchev–Trinajstić information content (AvgIpc) is 2.34. The van der Waals surface area contributed by atoms with Gasteiger partial charge in [-0.05, 0) is 32.6 Å². The van der Waals surface area contributed by atoms with Crippen molar-refractivity contribution in [3.05, 3.63) is 24.0 Å². The maximum absolute atomic E-state index is 12.3. The molecule has 0 aromatic carbocycles. The molecule has 1 aromatic rings. The fraction of sp³-hybridized carbons (Fsp3) is 0.538. The normalized spacial score (nSPS) is 10.7. The summed E-state index contributed by atoms with van der Waals surface area (Å²) < 4.78 is 0. The van der Waals surface area contributed by atoms with Crippen LogP contribution in [0.2, 0.25) is 0 Å². The second-order valence-corrected chi connectivity index (χ2v) is 4.57. The summed E-state index contributed by atoms with van der Waals surface area (Å²) >= 11 is 0. The monoisotopic (exact) mass is 250 g/mol. The zero-order valence-corrected chi connectivity index (χ0v) is 11.4. The molecule has 0 atom stereocenters. The van der Waals surface area contributed by atoms with Gasteiger partial charge in [-0.2, -0.15) is 0 Å². The largest absolute Gasteiger partial charge is 0.397 e. The Bertz CT molecular complexity index is 375. The Hall–Kier alpha value is -1.62. The number of anilines is 1. The minimum absolute atomic E-state index is 0.0290. The van der Waals surface area contributed by atoms with Gasteiger partial charge in [0, 0.05) is 19.6 Å². The number of carbonyl (C=O) groups is 1. The van der Waals surface area contributed by atoms with Gasteiger partial charge in [-0.3, -0.25) is 4.79 Å². The Morgan fingerprint density at radius 2 is 2.00 bits per heavy atom. The van der Waals surface area contributed by atoms with Gasteiger partial charge in [0.15, 0.2) is 0 Å². The van der Waals surface area contributed by atoms with E-state index in [0.717, 1.165) is 19.5 Å². The minimum atomic E-state index is -0.0290. The predicted molar refractivity (Wildman–Crippen MR) is 73.4 cm³/mol. The molecule has 5 heteroatoms. The summed E-state index contributed by atoms with van der Waals surface area (Å²) in [7, 11) is 3.99. The van der Waals surface area contributed by atoms with E-state index in [1.54, 1.807) is 12.1 Å². The molecule has 5 nitrogen and oxygen atoms in total. The topological polar surface area (TPSA) is 62.5 Å². The summed E-state index contributed by atoms with van der Waals surface area (Å²) in [5, 5.41) is 0. The summed E-state index contributed by atoms with van der Waals surface area (Å²) in [5.74, 6) is -0.0290. The molecule has 1 rings (SSSR count). The number of amides is 1. The summed E-state index contributed by atoms with van der Waals surface area (Å²) in [6.07, 6.45) is 2.46. The zero-order chi connectivity index (χ0) is 13.5. The number of nitrogens with zero attached hydrogens (tertiary/aromatic N) is 3. The van der Waals surface area contributed by atoms with Crippen LogP contribution in [-0.2, 0) is 0 Å². The van der Waals surface area contributed by atoms with Crippen LogP contribution in [0.4, 0.5) is 5.69 Å². The molecule has 0 radical (unpaired) electrons. The Morgan fingerprint density at radius 3 is 2.50 bits per heavy atom. The standard InChI is InChI=1S/C13H22N4O/c1-4-7-17(9-8-16(2)3)13(18)12-6-5-11(14)10-15-12/h5-6,10H,4,7-9,14H2,1-3H3. The molecule has 0 unspecified atom stereocenters. The van der Waals surface area contributed by atoms with Gasteiger partial charge in [0.2, 0.25) is 0 Å². The van der Waals surface area contributed by atoms with E-state index in [-0.39, 0.29) is 5.91 Å². The summed E-state index contributed by atoms with van der Waals surface area (Å²) in [6, 6.07) is 3.38. The van der Waals surface area contributed by atoms with Gasteiger partial charge < -0.3 is 15.5 Å². The van der Waals surface area contributed by atoms with Crippen LogP contribution in [0.3, 0.4) is 0 Å². The van der Waals surface area contributed by atoms with Gasteiger partial charge in [0.25, 0.3) is 5.91 Å². The SMILES string of the molecule is CCCN(CCN(C)C)C(=O)c1ccc(N)cn1. The van der Waals surface area contributed by atoms with Crippen molar-refractivity contribution in [2.45, 2.75) is 13.3 Å². The molecule has 0 saturated carbocycles. The number of likely N-dealkylation sites (N-methyl/N-ethyl adjacent to an activating group) is 1. The van der Waals surface area contributed by atoms with Crippen LogP contribution in [0.1, 0.15) is 23.8 Å². The molecule has 18 heavy (non-hydrogen) atoms. The number of rotatable bonds is 6. The van der Waals surface area contributed by atoms with Gasteiger partial charge in [-0.15, -0.1) is 0 Å². The van der Waals surface area contributed by atoms with Gasteiger partial charge in [0.1, 0.15) is 5.69 Å². The van der Waals surface area contributed by atoms with E-state index in [4.69, 9.17) is 5.73 Å². The van der Waals surface area contributed by atoms with Crippen molar-refractivity contribution in [2.24, 2.45) is 0 Å². The molecule has 0 saturated heterocycles. The molecule has 0 fully saturated rings. The molecule has 0 bridgehead atoms. The first-order valence-corrected chi connectivity index (χ1v) is 6.20. The van der Waals surface area contributed by atoms with E-state index in [1.165, 1.54) is 6.20 Å². The predicted octanol–water partition coefficient (Wildman–Crippen LogP) is 1.08. The van der Waals surface area contributed by atoms with Crippen LogP contribution >= 0.6 is 0 Å². The van der Waals surface area contributed by atoms with E-state index in [0.29, 0.717) is 17.9 Å². The molecular formula is C13H22N4O. The highest BCUT2D eigenvalue weighted by Crippen LogP contribution is 2.06. The summed E-state index contributed by atoms with van der Waals surface area (Å²) in [6.45, 7) is 4.37. The number of nitrogen functional groups attached to an aromatic ring is 1. The van der Waals surface area contributed by atoms with Crippen molar-refractivity contribution < 1.29 is 4.79 Å². The zero-order valence-electron chi connectivity index (χ0n) is 11.4. The van der Waals surface area contributed by atoms with E-state index in [2.05, 4.69) is 16.8 Å². The smallest absolute Gasteiger partial charge is 0.272 e. The van der Waals surface area contributed by atoms with Crippen molar-refractivity contribution in [1.82, 2.24) is 14.8 Å². The van der Waals surface area contributed by atoms with Crippen LogP contribution < -0.4 is 5.73 Å². The van der Waals surface area contributed by atoms with E-state index < -0.39 is 0 Å². The number of carbonyl (C=O) groups excluding carboxylic acids is 1. The fourth-order valence-corrected chi connectivity index (χ4v) is 1.60. The first-order chi connectivity index (χ1) is 8.54. The van der Waals surface area contributed by atoms with Crippen molar-refractivity contribution in [2.75, 3.05) is 39.5 Å². The number of hydrogen-bond acceptors (Lipinski definition) is 4. The molecule has 0 aliphatic rings. The Balaban J connectivity index is 2.72. The van der Waals surface area contributed by atoms with Gasteiger partial charge in [0.05, 0.1) is 11.9 Å². The molecule has 0 aliphatic carbocycles. The second kappa shape index (κ2) is 6.96.